The van der Waals surface area contributed by atoms with Crippen LogP contribution in [0.2, 0.25) is 0 Å². The molecule has 1 heterocycles. The van der Waals surface area contributed by atoms with Crippen molar-refractivity contribution in [2.45, 2.75) is 44.6 Å². The zero-order chi connectivity index (χ0) is 21.9. The average molecular weight is 451 g/mol. The summed E-state index contributed by atoms with van der Waals surface area (Å²) < 4.78 is 52.2. The van der Waals surface area contributed by atoms with E-state index in [9.17, 15) is 8.42 Å². The molecule has 0 saturated carbocycles. The summed E-state index contributed by atoms with van der Waals surface area (Å²) in [6, 6.07) is 19.5. The number of rotatable bonds is 13. The molecule has 1 fully saturated rings. The second kappa shape index (κ2) is 12.3. The minimum Gasteiger partial charge on any atom is -0.374 e. The molecule has 0 unspecified atom stereocenters. The second-order valence-corrected chi connectivity index (χ2v) is 9.02. The predicted octanol–water partition coefficient (Wildman–Crippen LogP) is 3.29. The lowest BCUT2D eigenvalue weighted by Crippen LogP contribution is -2.37. The van der Waals surface area contributed by atoms with E-state index < -0.39 is 22.3 Å². The van der Waals surface area contributed by atoms with Gasteiger partial charge in [0.05, 0.1) is 39.3 Å². The first-order valence-corrected chi connectivity index (χ1v) is 12.2. The molecule has 0 spiro atoms. The highest BCUT2D eigenvalue weighted by atomic mass is 32.2. The van der Waals surface area contributed by atoms with Crippen LogP contribution < -0.4 is 0 Å². The van der Waals surface area contributed by atoms with E-state index in [4.69, 9.17) is 23.1 Å². The van der Waals surface area contributed by atoms with Crippen molar-refractivity contribution in [2.24, 2.45) is 0 Å². The number of hydrogen-bond donors (Lipinski definition) is 0. The lowest BCUT2D eigenvalue weighted by Gasteiger charge is -2.27. The van der Waals surface area contributed by atoms with Gasteiger partial charge >= 0.3 is 0 Å². The first-order chi connectivity index (χ1) is 15.0. The monoisotopic (exact) mass is 450 g/mol. The summed E-state index contributed by atoms with van der Waals surface area (Å²) in [5.41, 5.74) is 2.01. The normalized spacial score (nSPS) is 16.9. The first kappa shape index (κ1) is 23.8. The van der Waals surface area contributed by atoms with Gasteiger partial charge in [-0.2, -0.15) is 8.42 Å². The third kappa shape index (κ3) is 9.06. The Labute approximate surface area is 184 Å². The lowest BCUT2D eigenvalue weighted by atomic mass is 10.1. The molecule has 8 heteroatoms. The summed E-state index contributed by atoms with van der Waals surface area (Å²) in [4.78, 5) is 0. The van der Waals surface area contributed by atoms with E-state index in [1.54, 1.807) is 0 Å². The molecular weight excluding hydrogens is 420 g/mol. The van der Waals surface area contributed by atoms with Crippen LogP contribution in [0.25, 0.3) is 0 Å². The zero-order valence-electron chi connectivity index (χ0n) is 17.7. The summed E-state index contributed by atoms with van der Waals surface area (Å²) >= 11 is 0. The Bertz CT molecular complexity index is 852. The SMILES string of the molecule is CS(=O)(=O)O[C@H](CCC1OCCO1)[C@@H](COCc1ccccc1)OCc1ccccc1. The van der Waals surface area contributed by atoms with Crippen molar-refractivity contribution >= 4 is 10.1 Å². The quantitative estimate of drug-likeness (QED) is 0.433. The van der Waals surface area contributed by atoms with Gasteiger partial charge in [-0.05, 0) is 17.5 Å². The number of benzene rings is 2. The highest BCUT2D eigenvalue weighted by Crippen LogP contribution is 2.20. The van der Waals surface area contributed by atoms with Gasteiger partial charge in [-0.1, -0.05) is 60.7 Å². The van der Waals surface area contributed by atoms with Gasteiger partial charge in [0.1, 0.15) is 12.2 Å². The van der Waals surface area contributed by atoms with Gasteiger partial charge < -0.3 is 18.9 Å². The molecule has 0 aromatic heterocycles. The molecule has 0 bridgehead atoms. The van der Waals surface area contributed by atoms with Crippen LogP contribution in [0.15, 0.2) is 60.7 Å². The lowest BCUT2D eigenvalue weighted by molar-refractivity contribution is -0.0946. The average Bonchev–Trinajstić information content (AvgIpc) is 3.28. The van der Waals surface area contributed by atoms with Crippen LogP contribution in [0.5, 0.6) is 0 Å². The van der Waals surface area contributed by atoms with Crippen LogP contribution in [-0.2, 0) is 46.5 Å². The van der Waals surface area contributed by atoms with Gasteiger partial charge in [0.25, 0.3) is 10.1 Å². The van der Waals surface area contributed by atoms with Crippen molar-refractivity contribution in [2.75, 3.05) is 26.1 Å². The summed E-state index contributed by atoms with van der Waals surface area (Å²) in [6.07, 6.45) is 0.283. The molecule has 0 amide bonds. The van der Waals surface area contributed by atoms with Crippen LogP contribution in [0.4, 0.5) is 0 Å². The molecular formula is C23H30O7S. The van der Waals surface area contributed by atoms with Crippen LogP contribution in [-0.4, -0.2) is 53.0 Å². The fourth-order valence-electron chi connectivity index (χ4n) is 3.30. The van der Waals surface area contributed by atoms with E-state index in [0.717, 1.165) is 17.4 Å². The van der Waals surface area contributed by atoms with Crippen molar-refractivity contribution in [3.05, 3.63) is 71.8 Å². The molecule has 1 saturated heterocycles. The standard InChI is InChI=1S/C23H30O7S/c1-31(24,25)30-21(12-13-23-27-14-15-28-23)22(29-17-20-10-6-3-7-11-20)18-26-16-19-8-4-2-5-9-19/h2-11,21-23H,12-18H2,1H3/t21-,22-/m1/s1. The topological polar surface area (TPSA) is 80.3 Å². The Balaban J connectivity index is 1.66. The largest absolute Gasteiger partial charge is 0.374 e. The zero-order valence-corrected chi connectivity index (χ0v) is 18.5. The summed E-state index contributed by atoms with van der Waals surface area (Å²) in [5, 5.41) is 0. The molecule has 170 valence electrons. The van der Waals surface area contributed by atoms with E-state index >= 15 is 0 Å². The minimum atomic E-state index is -3.69. The van der Waals surface area contributed by atoms with Gasteiger partial charge in [0.2, 0.25) is 0 Å². The molecule has 0 aliphatic carbocycles. The van der Waals surface area contributed by atoms with Gasteiger partial charge in [0.15, 0.2) is 6.29 Å². The molecule has 2 aromatic rings. The van der Waals surface area contributed by atoms with E-state index in [1.165, 1.54) is 0 Å². The number of ether oxygens (including phenoxy) is 4. The summed E-state index contributed by atoms with van der Waals surface area (Å²) in [7, 11) is -3.69. The van der Waals surface area contributed by atoms with Crippen molar-refractivity contribution < 1.29 is 31.5 Å². The third-order valence-corrected chi connectivity index (χ3v) is 5.39. The fourth-order valence-corrected chi connectivity index (χ4v) is 3.97. The molecule has 0 radical (unpaired) electrons. The van der Waals surface area contributed by atoms with Gasteiger partial charge in [-0.25, -0.2) is 0 Å². The summed E-state index contributed by atoms with van der Waals surface area (Å²) in [5.74, 6) is 0. The van der Waals surface area contributed by atoms with E-state index in [2.05, 4.69) is 0 Å². The molecule has 1 aliphatic rings. The Kier molecular flexibility index (Phi) is 9.45. The van der Waals surface area contributed by atoms with E-state index in [-0.39, 0.29) is 12.9 Å². The Morgan fingerprint density at radius 2 is 1.48 bits per heavy atom. The van der Waals surface area contributed by atoms with Crippen molar-refractivity contribution in [3.63, 3.8) is 0 Å². The first-order valence-electron chi connectivity index (χ1n) is 10.4. The Morgan fingerprint density at radius 1 is 0.903 bits per heavy atom. The molecule has 31 heavy (non-hydrogen) atoms. The van der Waals surface area contributed by atoms with Gasteiger partial charge in [0, 0.05) is 6.42 Å². The van der Waals surface area contributed by atoms with Crippen LogP contribution in [0.1, 0.15) is 24.0 Å². The fraction of sp³-hybridized carbons (Fsp3) is 0.478. The highest BCUT2D eigenvalue weighted by molar-refractivity contribution is 7.86. The molecule has 3 rings (SSSR count). The van der Waals surface area contributed by atoms with Gasteiger partial charge in [-0.3, -0.25) is 4.18 Å². The van der Waals surface area contributed by atoms with Gasteiger partial charge in [-0.15, -0.1) is 0 Å². The maximum Gasteiger partial charge on any atom is 0.264 e. The molecule has 7 nitrogen and oxygen atoms in total. The maximum absolute atomic E-state index is 11.9. The van der Waals surface area contributed by atoms with Crippen LogP contribution in [0.3, 0.4) is 0 Å². The highest BCUT2D eigenvalue weighted by Gasteiger charge is 2.29. The molecule has 2 aromatic carbocycles. The van der Waals surface area contributed by atoms with E-state index in [1.807, 2.05) is 60.7 Å². The second-order valence-electron chi connectivity index (χ2n) is 7.42. The maximum atomic E-state index is 11.9. The smallest absolute Gasteiger partial charge is 0.264 e. The van der Waals surface area contributed by atoms with Crippen molar-refractivity contribution in [1.29, 1.82) is 0 Å². The molecule has 2 atom stereocenters. The minimum absolute atomic E-state index is 0.189. The van der Waals surface area contributed by atoms with Crippen molar-refractivity contribution in [1.82, 2.24) is 0 Å². The predicted molar refractivity (Wildman–Crippen MR) is 116 cm³/mol. The van der Waals surface area contributed by atoms with Crippen LogP contribution >= 0.6 is 0 Å². The molecule has 1 aliphatic heterocycles. The Hall–Kier alpha value is -1.81. The third-order valence-electron chi connectivity index (χ3n) is 4.79. The van der Waals surface area contributed by atoms with Crippen molar-refractivity contribution in [3.8, 4) is 0 Å². The van der Waals surface area contributed by atoms with E-state index in [0.29, 0.717) is 39.3 Å². The Morgan fingerprint density at radius 3 is 2.06 bits per heavy atom. The number of hydrogen-bond acceptors (Lipinski definition) is 7. The molecule has 0 N–H and O–H groups in total. The summed E-state index contributed by atoms with van der Waals surface area (Å²) in [6.45, 7) is 1.98. The van der Waals surface area contributed by atoms with Crippen LogP contribution in [0, 0.1) is 0 Å².